The Kier molecular flexibility index (Phi) is 14.2. The number of hydrogen-bond donors (Lipinski definition) is 2. The van der Waals surface area contributed by atoms with Crippen LogP contribution in [0, 0.1) is 0 Å². The second-order valence-electron chi connectivity index (χ2n) is 6.45. The van der Waals surface area contributed by atoms with E-state index < -0.39 is 0 Å². The fraction of sp³-hybridized carbons (Fsp3) is 0.571. The van der Waals surface area contributed by atoms with Crippen LogP contribution in [0.25, 0.3) is 0 Å². The molecule has 0 aliphatic carbocycles. The van der Waals surface area contributed by atoms with E-state index in [2.05, 4.69) is 41.2 Å². The van der Waals surface area contributed by atoms with Crippen LogP contribution in [0.5, 0.6) is 5.75 Å². The molecule has 0 spiro atoms. The molecule has 6 nitrogen and oxygen atoms in total. The van der Waals surface area contributed by atoms with Crippen LogP contribution in [0.2, 0.25) is 0 Å². The van der Waals surface area contributed by atoms with Gasteiger partial charge in [0.1, 0.15) is 5.75 Å². The average molecular weight is 535 g/mol. The molecule has 1 aliphatic heterocycles. The molecule has 1 unspecified atom stereocenters. The zero-order chi connectivity index (χ0) is 20.0. The Morgan fingerprint density at radius 1 is 1.31 bits per heavy atom. The molecular weight excluding hydrogens is 499 g/mol. The first kappa shape index (κ1) is 26.1. The molecule has 1 saturated heterocycles. The molecule has 1 heterocycles. The first-order valence-electron chi connectivity index (χ1n) is 9.95. The minimum Gasteiger partial charge on any atom is -0.497 e. The van der Waals surface area contributed by atoms with Gasteiger partial charge in [0.2, 0.25) is 0 Å². The summed E-state index contributed by atoms with van der Waals surface area (Å²) in [6.07, 6.45) is 1.94. The van der Waals surface area contributed by atoms with Gasteiger partial charge in [0.25, 0.3) is 0 Å². The van der Waals surface area contributed by atoms with E-state index in [1.165, 1.54) is 5.56 Å². The molecule has 2 rings (SSSR count). The van der Waals surface area contributed by atoms with Gasteiger partial charge >= 0.3 is 0 Å². The normalized spacial score (nSPS) is 15.9. The number of morpholine rings is 1. The summed E-state index contributed by atoms with van der Waals surface area (Å²) < 4.78 is 10.8. The van der Waals surface area contributed by atoms with Crippen molar-refractivity contribution in [3.8, 4) is 5.75 Å². The quantitative estimate of drug-likeness (QED) is 0.150. The van der Waals surface area contributed by atoms with Crippen molar-refractivity contribution in [3.63, 3.8) is 0 Å². The lowest BCUT2D eigenvalue weighted by molar-refractivity contribution is 0.0179. The molecule has 0 radical (unpaired) electrons. The van der Waals surface area contributed by atoms with Crippen molar-refractivity contribution in [1.29, 1.82) is 0 Å². The largest absolute Gasteiger partial charge is 0.497 e. The monoisotopic (exact) mass is 534 g/mol. The fourth-order valence-electron chi connectivity index (χ4n) is 3.07. The zero-order valence-corrected chi connectivity index (χ0v) is 20.7. The highest BCUT2D eigenvalue weighted by Crippen LogP contribution is 2.24. The molecule has 1 aliphatic rings. The molecule has 1 aromatic carbocycles. The van der Waals surface area contributed by atoms with Crippen LogP contribution in [0.1, 0.15) is 18.5 Å². The van der Waals surface area contributed by atoms with E-state index in [-0.39, 0.29) is 30.0 Å². The third-order valence-electron chi connectivity index (χ3n) is 4.53. The Morgan fingerprint density at radius 2 is 2.03 bits per heavy atom. The van der Waals surface area contributed by atoms with E-state index in [0.29, 0.717) is 6.54 Å². The molecule has 164 valence electrons. The summed E-state index contributed by atoms with van der Waals surface area (Å²) in [5.74, 6) is 3.75. The summed E-state index contributed by atoms with van der Waals surface area (Å²) in [5.41, 5.74) is 1.25. The number of guanidine groups is 1. The van der Waals surface area contributed by atoms with Gasteiger partial charge in [-0.05, 0) is 24.6 Å². The van der Waals surface area contributed by atoms with Crippen molar-refractivity contribution in [1.82, 2.24) is 15.5 Å². The summed E-state index contributed by atoms with van der Waals surface area (Å²) in [6.45, 7) is 11.7. The molecule has 29 heavy (non-hydrogen) atoms. The molecule has 8 heteroatoms. The maximum absolute atomic E-state index is 5.54. The van der Waals surface area contributed by atoms with Crippen LogP contribution in [-0.2, 0) is 4.74 Å². The molecule has 0 saturated carbocycles. The summed E-state index contributed by atoms with van der Waals surface area (Å²) in [5, 5.41) is 6.78. The van der Waals surface area contributed by atoms with Gasteiger partial charge < -0.3 is 20.1 Å². The molecular formula is C21H35IN4O2S. The average Bonchev–Trinajstić information content (AvgIpc) is 2.75. The Morgan fingerprint density at radius 3 is 2.66 bits per heavy atom. The number of thioether (sulfide) groups is 1. The van der Waals surface area contributed by atoms with Gasteiger partial charge in [-0.1, -0.05) is 18.2 Å². The highest BCUT2D eigenvalue weighted by Gasteiger charge is 2.22. The molecule has 1 aromatic rings. The summed E-state index contributed by atoms with van der Waals surface area (Å²) >= 11 is 1.86. The number of hydrogen-bond acceptors (Lipinski definition) is 5. The second-order valence-corrected chi connectivity index (χ2v) is 7.60. The van der Waals surface area contributed by atoms with Crippen LogP contribution in [0.15, 0.2) is 41.9 Å². The van der Waals surface area contributed by atoms with E-state index in [1.807, 2.05) is 30.0 Å². The van der Waals surface area contributed by atoms with Crippen molar-refractivity contribution in [2.75, 3.05) is 64.6 Å². The number of benzene rings is 1. The Bertz CT molecular complexity index is 595. The predicted octanol–water partition coefficient (Wildman–Crippen LogP) is 3.16. The minimum atomic E-state index is 0. The van der Waals surface area contributed by atoms with Crippen molar-refractivity contribution in [3.05, 3.63) is 42.5 Å². The maximum atomic E-state index is 5.54. The molecule has 1 atom stereocenters. The number of aliphatic imine (C=N–C) groups is 1. The number of rotatable bonds is 11. The van der Waals surface area contributed by atoms with Gasteiger partial charge in [-0.3, -0.25) is 9.89 Å². The number of nitrogens with zero attached hydrogens (tertiary/aromatic N) is 2. The smallest absolute Gasteiger partial charge is 0.191 e. The first-order valence-corrected chi connectivity index (χ1v) is 11.1. The number of methoxy groups -OCH3 is 1. The summed E-state index contributed by atoms with van der Waals surface area (Å²) in [4.78, 5) is 7.33. The molecule has 0 aromatic heterocycles. The first-order chi connectivity index (χ1) is 13.8. The van der Waals surface area contributed by atoms with E-state index in [1.54, 1.807) is 7.11 Å². The molecule has 1 fully saturated rings. The van der Waals surface area contributed by atoms with Gasteiger partial charge in [-0.25, -0.2) is 0 Å². The van der Waals surface area contributed by atoms with Crippen LogP contribution in [0.4, 0.5) is 0 Å². The van der Waals surface area contributed by atoms with Crippen molar-refractivity contribution in [2.24, 2.45) is 4.99 Å². The molecule has 0 amide bonds. The lowest BCUT2D eigenvalue weighted by Gasteiger charge is -2.34. The predicted molar refractivity (Wildman–Crippen MR) is 135 cm³/mol. The minimum absolute atomic E-state index is 0. The van der Waals surface area contributed by atoms with Gasteiger partial charge in [0, 0.05) is 37.7 Å². The van der Waals surface area contributed by atoms with Crippen LogP contribution < -0.4 is 15.4 Å². The van der Waals surface area contributed by atoms with Gasteiger partial charge in [0.15, 0.2) is 5.96 Å². The third-order valence-corrected chi connectivity index (χ3v) is 5.49. The highest BCUT2D eigenvalue weighted by atomic mass is 127. The number of halogens is 1. The zero-order valence-electron chi connectivity index (χ0n) is 17.6. The lowest BCUT2D eigenvalue weighted by Crippen LogP contribution is -2.42. The Hall–Kier alpha value is -0.970. The van der Waals surface area contributed by atoms with Crippen LogP contribution in [0.3, 0.4) is 0 Å². The van der Waals surface area contributed by atoms with E-state index >= 15 is 0 Å². The lowest BCUT2D eigenvalue weighted by atomic mass is 10.0. The van der Waals surface area contributed by atoms with Gasteiger partial charge in [-0.15, -0.1) is 30.6 Å². The standard InChI is InChI=1S/C21H34N4O2S.HI/c1-4-15-28-16-10-23-21(22-5-2)24-17-20(25-11-13-27-14-12-25)18-6-8-19(26-3)9-7-18;/h4,6-9,20H,1,5,10-17H2,2-3H3,(H2,22,23,24);1H. The fourth-order valence-corrected chi connectivity index (χ4v) is 3.65. The van der Waals surface area contributed by atoms with Crippen molar-refractivity contribution >= 4 is 41.7 Å². The van der Waals surface area contributed by atoms with Crippen LogP contribution in [-0.4, -0.2) is 75.4 Å². The third kappa shape index (κ3) is 9.59. The maximum Gasteiger partial charge on any atom is 0.191 e. The molecule has 2 N–H and O–H groups in total. The number of nitrogens with one attached hydrogen (secondary N) is 2. The summed E-state index contributed by atoms with van der Waals surface area (Å²) in [7, 11) is 1.69. The van der Waals surface area contributed by atoms with Crippen LogP contribution >= 0.6 is 35.7 Å². The topological polar surface area (TPSA) is 58.1 Å². The molecule has 0 bridgehead atoms. The SMILES string of the molecule is C=CCSCCNC(=NCC(c1ccc(OC)cc1)N1CCOCC1)NCC.I. The Labute approximate surface area is 196 Å². The summed E-state index contributed by atoms with van der Waals surface area (Å²) in [6, 6.07) is 8.54. The van der Waals surface area contributed by atoms with E-state index in [0.717, 1.165) is 62.6 Å². The van der Waals surface area contributed by atoms with Crippen molar-refractivity contribution in [2.45, 2.75) is 13.0 Å². The van der Waals surface area contributed by atoms with Gasteiger partial charge in [0.05, 0.1) is 32.9 Å². The highest BCUT2D eigenvalue weighted by molar-refractivity contribution is 14.0. The van der Waals surface area contributed by atoms with E-state index in [9.17, 15) is 0 Å². The van der Waals surface area contributed by atoms with Crippen molar-refractivity contribution < 1.29 is 9.47 Å². The Balaban J connectivity index is 0.00000420. The van der Waals surface area contributed by atoms with E-state index in [4.69, 9.17) is 14.5 Å². The number of ether oxygens (including phenoxy) is 2. The van der Waals surface area contributed by atoms with Gasteiger partial charge in [-0.2, -0.15) is 11.8 Å². The second kappa shape index (κ2) is 15.8.